The Bertz CT molecular complexity index is 277. The highest BCUT2D eigenvalue weighted by molar-refractivity contribution is 7.11. The van der Waals surface area contributed by atoms with Crippen LogP contribution in [0.1, 0.15) is 42.7 Å². The smallest absolute Gasteiger partial charge is 0.134 e. The molecule has 1 atom stereocenters. The molecule has 1 rings (SSSR count). The first-order valence-electron chi connectivity index (χ1n) is 5.43. The molecule has 2 N–H and O–H groups in total. The van der Waals surface area contributed by atoms with Crippen molar-refractivity contribution in [1.82, 2.24) is 10.2 Å². The van der Waals surface area contributed by atoms with Gasteiger partial charge in [0.25, 0.3) is 0 Å². The molecule has 1 aromatic heterocycles. The average molecular weight is 229 g/mol. The zero-order chi connectivity index (χ0) is 11.1. The molecule has 0 aliphatic heterocycles. The second-order valence-corrected chi connectivity index (χ2v) is 4.44. The minimum Gasteiger partial charge on any atom is -0.382 e. The molecule has 0 bridgehead atoms. The largest absolute Gasteiger partial charge is 0.382 e. The molecule has 1 aromatic rings. The van der Waals surface area contributed by atoms with Crippen molar-refractivity contribution in [3.8, 4) is 0 Å². The van der Waals surface area contributed by atoms with Crippen molar-refractivity contribution in [2.75, 3.05) is 13.2 Å². The summed E-state index contributed by atoms with van der Waals surface area (Å²) < 4.78 is 5.26. The summed E-state index contributed by atoms with van der Waals surface area (Å²) in [4.78, 5) is 0. The second-order valence-electron chi connectivity index (χ2n) is 3.35. The van der Waals surface area contributed by atoms with Gasteiger partial charge in [-0.2, -0.15) is 0 Å². The van der Waals surface area contributed by atoms with Gasteiger partial charge in [-0.25, -0.2) is 0 Å². The predicted molar refractivity (Wildman–Crippen MR) is 61.9 cm³/mol. The normalized spacial score (nSPS) is 13.0. The van der Waals surface area contributed by atoms with Crippen LogP contribution in [0.15, 0.2) is 0 Å². The Kier molecular flexibility index (Phi) is 5.75. The van der Waals surface area contributed by atoms with Crippen molar-refractivity contribution in [3.63, 3.8) is 0 Å². The minimum atomic E-state index is 0.0446. The third-order valence-electron chi connectivity index (χ3n) is 2.12. The van der Waals surface area contributed by atoms with Gasteiger partial charge in [0.1, 0.15) is 10.0 Å². The van der Waals surface area contributed by atoms with Crippen molar-refractivity contribution in [2.24, 2.45) is 5.73 Å². The Morgan fingerprint density at radius 1 is 1.40 bits per heavy atom. The molecule has 1 heterocycles. The molecule has 0 saturated carbocycles. The standard InChI is InChI=1S/C10H19N3OS/c1-3-8(11)10-13-12-9(15-10)6-5-7-14-4-2/h8H,3-7,11H2,1-2H3. The molecule has 86 valence electrons. The Hall–Kier alpha value is -0.520. The van der Waals surface area contributed by atoms with Gasteiger partial charge < -0.3 is 10.5 Å². The summed E-state index contributed by atoms with van der Waals surface area (Å²) in [5.41, 5.74) is 5.87. The summed E-state index contributed by atoms with van der Waals surface area (Å²) in [5.74, 6) is 0. The van der Waals surface area contributed by atoms with E-state index in [0.717, 1.165) is 42.5 Å². The SMILES string of the molecule is CCOCCCc1nnc(C(N)CC)s1. The van der Waals surface area contributed by atoms with Gasteiger partial charge >= 0.3 is 0 Å². The monoisotopic (exact) mass is 229 g/mol. The summed E-state index contributed by atoms with van der Waals surface area (Å²) >= 11 is 1.62. The maximum Gasteiger partial charge on any atom is 0.134 e. The fourth-order valence-electron chi connectivity index (χ4n) is 1.16. The van der Waals surface area contributed by atoms with E-state index in [4.69, 9.17) is 10.5 Å². The predicted octanol–water partition coefficient (Wildman–Crippen LogP) is 1.92. The summed E-state index contributed by atoms with van der Waals surface area (Å²) in [7, 11) is 0. The highest BCUT2D eigenvalue weighted by Gasteiger charge is 2.09. The van der Waals surface area contributed by atoms with Crippen LogP contribution in [0.3, 0.4) is 0 Å². The molecule has 1 unspecified atom stereocenters. The van der Waals surface area contributed by atoms with Crippen molar-refractivity contribution >= 4 is 11.3 Å². The fourth-order valence-corrected chi connectivity index (χ4v) is 2.13. The van der Waals surface area contributed by atoms with E-state index in [-0.39, 0.29) is 6.04 Å². The number of ether oxygens (including phenoxy) is 1. The Morgan fingerprint density at radius 2 is 2.20 bits per heavy atom. The number of rotatable bonds is 7. The second kappa shape index (κ2) is 6.87. The van der Waals surface area contributed by atoms with E-state index in [2.05, 4.69) is 17.1 Å². The third-order valence-corrected chi connectivity index (χ3v) is 3.24. The van der Waals surface area contributed by atoms with E-state index >= 15 is 0 Å². The lowest BCUT2D eigenvalue weighted by Crippen LogP contribution is -2.07. The average Bonchev–Trinajstić information content (AvgIpc) is 2.72. The molecule has 5 heteroatoms. The first-order valence-corrected chi connectivity index (χ1v) is 6.25. The summed E-state index contributed by atoms with van der Waals surface area (Å²) in [5, 5.41) is 10.2. The van der Waals surface area contributed by atoms with Crippen molar-refractivity contribution in [3.05, 3.63) is 10.0 Å². The molecular weight excluding hydrogens is 210 g/mol. The van der Waals surface area contributed by atoms with Crippen LogP contribution in [0.2, 0.25) is 0 Å². The summed E-state index contributed by atoms with van der Waals surface area (Å²) in [6.45, 7) is 5.64. The lowest BCUT2D eigenvalue weighted by Gasteiger charge is -2.00. The lowest BCUT2D eigenvalue weighted by molar-refractivity contribution is 0.145. The highest BCUT2D eigenvalue weighted by atomic mass is 32.1. The van der Waals surface area contributed by atoms with Gasteiger partial charge in [0.2, 0.25) is 0 Å². The van der Waals surface area contributed by atoms with Gasteiger partial charge in [-0.1, -0.05) is 18.3 Å². The van der Waals surface area contributed by atoms with Gasteiger partial charge in [0.15, 0.2) is 0 Å². The van der Waals surface area contributed by atoms with E-state index in [1.54, 1.807) is 11.3 Å². The maximum absolute atomic E-state index is 5.87. The number of nitrogens with zero attached hydrogens (tertiary/aromatic N) is 2. The van der Waals surface area contributed by atoms with E-state index in [1.807, 2.05) is 6.92 Å². The highest BCUT2D eigenvalue weighted by Crippen LogP contribution is 2.19. The molecule has 0 fully saturated rings. The quantitative estimate of drug-likeness (QED) is 0.726. The molecule has 0 aromatic carbocycles. The van der Waals surface area contributed by atoms with Gasteiger partial charge in [-0.05, 0) is 19.8 Å². The Balaban J connectivity index is 2.33. The Labute approximate surface area is 94.9 Å². The van der Waals surface area contributed by atoms with Crippen LogP contribution < -0.4 is 5.73 Å². The number of hydrogen-bond donors (Lipinski definition) is 1. The van der Waals surface area contributed by atoms with E-state index in [0.29, 0.717) is 0 Å². The van der Waals surface area contributed by atoms with Crippen LogP contribution in [0.25, 0.3) is 0 Å². The molecule has 0 amide bonds. The van der Waals surface area contributed by atoms with Crippen LogP contribution in [0.5, 0.6) is 0 Å². The zero-order valence-corrected chi connectivity index (χ0v) is 10.2. The van der Waals surface area contributed by atoms with E-state index in [1.165, 1.54) is 0 Å². The number of aryl methyl sites for hydroxylation is 1. The Morgan fingerprint density at radius 3 is 2.87 bits per heavy atom. The lowest BCUT2D eigenvalue weighted by atomic mass is 10.3. The molecular formula is C10H19N3OS. The molecule has 0 aliphatic rings. The van der Waals surface area contributed by atoms with Crippen molar-refractivity contribution in [2.45, 2.75) is 39.2 Å². The maximum atomic E-state index is 5.87. The van der Waals surface area contributed by atoms with Crippen molar-refractivity contribution < 1.29 is 4.74 Å². The number of hydrogen-bond acceptors (Lipinski definition) is 5. The molecule has 0 radical (unpaired) electrons. The molecule has 0 aliphatic carbocycles. The van der Waals surface area contributed by atoms with E-state index < -0.39 is 0 Å². The molecule has 4 nitrogen and oxygen atoms in total. The van der Waals surface area contributed by atoms with E-state index in [9.17, 15) is 0 Å². The minimum absolute atomic E-state index is 0.0446. The molecule has 0 spiro atoms. The molecule has 0 saturated heterocycles. The van der Waals surface area contributed by atoms with Crippen LogP contribution in [-0.4, -0.2) is 23.4 Å². The number of aromatic nitrogens is 2. The van der Waals surface area contributed by atoms with Gasteiger partial charge in [-0.15, -0.1) is 10.2 Å². The van der Waals surface area contributed by atoms with Gasteiger partial charge in [0, 0.05) is 19.6 Å². The van der Waals surface area contributed by atoms with Crippen LogP contribution in [-0.2, 0) is 11.2 Å². The van der Waals surface area contributed by atoms with Crippen molar-refractivity contribution in [1.29, 1.82) is 0 Å². The first-order chi connectivity index (χ1) is 7.27. The third kappa shape index (κ3) is 4.24. The summed E-state index contributed by atoms with van der Waals surface area (Å²) in [6, 6.07) is 0.0446. The van der Waals surface area contributed by atoms with Crippen LogP contribution in [0.4, 0.5) is 0 Å². The zero-order valence-electron chi connectivity index (χ0n) is 9.40. The topological polar surface area (TPSA) is 61.0 Å². The number of nitrogens with two attached hydrogens (primary N) is 1. The van der Waals surface area contributed by atoms with Gasteiger partial charge in [-0.3, -0.25) is 0 Å². The summed E-state index contributed by atoms with van der Waals surface area (Å²) in [6.07, 6.45) is 2.85. The molecule has 15 heavy (non-hydrogen) atoms. The van der Waals surface area contributed by atoms with Gasteiger partial charge in [0.05, 0.1) is 6.04 Å². The fraction of sp³-hybridized carbons (Fsp3) is 0.800. The van der Waals surface area contributed by atoms with Crippen LogP contribution in [0, 0.1) is 0 Å². The van der Waals surface area contributed by atoms with Crippen LogP contribution >= 0.6 is 11.3 Å². The first kappa shape index (κ1) is 12.5.